The standard InChI is InChI=1S/C27H24Cl2F3N5O3/c1-27(2,3)25(40)33-11-12-5-6-14(28)22(20(12)29)36-26-34-17-9-13(19(38)10-18(17)37(26)4)24(39)35-23-16(31)8-7-15(30)21(23)32/h5-10,38H,11H2,1-4H3,(H,33,40)(H,34,36)(H,35,39). The van der Waals surface area contributed by atoms with Crippen molar-refractivity contribution < 1.29 is 27.9 Å². The van der Waals surface area contributed by atoms with Gasteiger partial charge in [-0.1, -0.05) is 50.0 Å². The van der Waals surface area contributed by atoms with E-state index in [0.717, 1.165) is 0 Å². The van der Waals surface area contributed by atoms with Crippen LogP contribution in [-0.4, -0.2) is 26.5 Å². The molecule has 0 spiro atoms. The molecule has 2 amide bonds. The van der Waals surface area contributed by atoms with E-state index < -0.39 is 40.2 Å². The molecule has 0 saturated carbocycles. The van der Waals surface area contributed by atoms with Gasteiger partial charge in [0.15, 0.2) is 11.6 Å². The third kappa shape index (κ3) is 5.66. The fraction of sp³-hybridized carbons (Fsp3) is 0.222. The highest BCUT2D eigenvalue weighted by Gasteiger charge is 2.23. The number of hydrogen-bond donors (Lipinski definition) is 4. The van der Waals surface area contributed by atoms with Crippen LogP contribution in [0.15, 0.2) is 36.4 Å². The number of amides is 2. The molecule has 0 aliphatic rings. The molecule has 210 valence electrons. The summed E-state index contributed by atoms with van der Waals surface area (Å²) in [6.45, 7) is 5.52. The van der Waals surface area contributed by atoms with Gasteiger partial charge >= 0.3 is 0 Å². The van der Waals surface area contributed by atoms with Gasteiger partial charge in [0, 0.05) is 25.1 Å². The number of nitrogens with zero attached hydrogens (tertiary/aromatic N) is 2. The van der Waals surface area contributed by atoms with Crippen molar-refractivity contribution in [2.75, 3.05) is 10.6 Å². The lowest BCUT2D eigenvalue weighted by Gasteiger charge is -2.19. The van der Waals surface area contributed by atoms with Crippen molar-refractivity contribution in [3.05, 3.63) is 75.0 Å². The Kier molecular flexibility index (Phi) is 7.91. The van der Waals surface area contributed by atoms with Crippen LogP contribution < -0.4 is 16.0 Å². The summed E-state index contributed by atoms with van der Waals surface area (Å²) in [6, 6.07) is 6.99. The molecule has 1 aromatic heterocycles. The summed E-state index contributed by atoms with van der Waals surface area (Å²) < 4.78 is 43.1. The third-order valence-corrected chi connectivity index (χ3v) is 6.80. The van der Waals surface area contributed by atoms with Gasteiger partial charge in [-0.25, -0.2) is 18.2 Å². The minimum Gasteiger partial charge on any atom is -0.507 e. The van der Waals surface area contributed by atoms with Gasteiger partial charge in [0.25, 0.3) is 5.91 Å². The molecule has 0 saturated heterocycles. The number of carbonyl (C=O) groups excluding carboxylic acids is 2. The highest BCUT2D eigenvalue weighted by atomic mass is 35.5. The first-order valence-electron chi connectivity index (χ1n) is 11.9. The van der Waals surface area contributed by atoms with Crippen molar-refractivity contribution in [3.8, 4) is 5.75 Å². The summed E-state index contributed by atoms with van der Waals surface area (Å²) in [6.07, 6.45) is 0. The smallest absolute Gasteiger partial charge is 0.259 e. The predicted molar refractivity (Wildman–Crippen MR) is 148 cm³/mol. The number of phenols is 1. The zero-order chi connectivity index (χ0) is 29.5. The van der Waals surface area contributed by atoms with Crippen molar-refractivity contribution in [3.63, 3.8) is 0 Å². The van der Waals surface area contributed by atoms with E-state index in [0.29, 0.717) is 28.9 Å². The topological polar surface area (TPSA) is 108 Å². The maximum atomic E-state index is 14.0. The van der Waals surface area contributed by atoms with Crippen LogP contribution in [0, 0.1) is 22.9 Å². The Morgan fingerprint density at radius 2 is 1.70 bits per heavy atom. The first kappa shape index (κ1) is 29.0. The Hall–Kier alpha value is -3.96. The second-order valence-corrected chi connectivity index (χ2v) is 10.8. The van der Waals surface area contributed by atoms with Gasteiger partial charge < -0.3 is 25.6 Å². The number of aromatic hydroxyl groups is 1. The van der Waals surface area contributed by atoms with E-state index in [9.17, 15) is 27.9 Å². The molecule has 0 aliphatic carbocycles. The highest BCUT2D eigenvalue weighted by molar-refractivity contribution is 6.39. The molecule has 4 aromatic rings. The van der Waals surface area contributed by atoms with Crippen molar-refractivity contribution in [2.24, 2.45) is 12.5 Å². The molecule has 13 heteroatoms. The van der Waals surface area contributed by atoms with E-state index in [2.05, 4.69) is 15.6 Å². The average molecular weight is 594 g/mol. The van der Waals surface area contributed by atoms with Crippen LogP contribution in [-0.2, 0) is 18.4 Å². The number of phenolic OH excluding ortho intramolecular Hbond substituents is 1. The molecule has 0 atom stereocenters. The van der Waals surface area contributed by atoms with Crippen LogP contribution in [0.25, 0.3) is 11.0 Å². The molecule has 3 aromatic carbocycles. The summed E-state index contributed by atoms with van der Waals surface area (Å²) in [5.74, 6) is -5.64. The average Bonchev–Trinajstić information content (AvgIpc) is 3.18. The Bertz CT molecular complexity index is 1670. The van der Waals surface area contributed by atoms with Crippen LogP contribution >= 0.6 is 23.2 Å². The van der Waals surface area contributed by atoms with Crippen LogP contribution in [0.2, 0.25) is 10.0 Å². The van der Waals surface area contributed by atoms with Crippen LogP contribution in [0.1, 0.15) is 36.7 Å². The molecule has 0 radical (unpaired) electrons. The molecule has 4 N–H and O–H groups in total. The van der Waals surface area contributed by atoms with E-state index in [-0.39, 0.29) is 39.5 Å². The van der Waals surface area contributed by atoms with Crippen LogP contribution in [0.3, 0.4) is 0 Å². The van der Waals surface area contributed by atoms with Gasteiger partial charge in [-0.05, 0) is 29.8 Å². The SMILES string of the molecule is Cn1c(Nc2c(Cl)ccc(CNC(=O)C(C)(C)C)c2Cl)nc2cc(C(=O)Nc3c(F)ccc(F)c3F)c(O)cc21. The van der Waals surface area contributed by atoms with E-state index in [1.165, 1.54) is 12.1 Å². The Morgan fingerprint density at radius 3 is 2.38 bits per heavy atom. The lowest BCUT2D eigenvalue weighted by atomic mass is 9.95. The summed E-state index contributed by atoms with van der Waals surface area (Å²) >= 11 is 13.0. The monoisotopic (exact) mass is 593 g/mol. The van der Waals surface area contributed by atoms with Gasteiger partial charge in [0.1, 0.15) is 17.3 Å². The maximum Gasteiger partial charge on any atom is 0.259 e. The van der Waals surface area contributed by atoms with Crippen molar-refractivity contribution in [2.45, 2.75) is 27.3 Å². The zero-order valence-electron chi connectivity index (χ0n) is 21.7. The zero-order valence-corrected chi connectivity index (χ0v) is 23.2. The Labute approximate surface area is 237 Å². The Morgan fingerprint density at radius 1 is 1.02 bits per heavy atom. The summed E-state index contributed by atoms with van der Waals surface area (Å²) in [5, 5.41) is 18.8. The quantitative estimate of drug-likeness (QED) is 0.187. The fourth-order valence-corrected chi connectivity index (χ4v) is 4.27. The number of rotatable bonds is 6. The molecule has 40 heavy (non-hydrogen) atoms. The number of aryl methyl sites for hydroxylation is 1. The molecular formula is C27H24Cl2F3N5O3. The van der Waals surface area contributed by atoms with Gasteiger partial charge in [-0.2, -0.15) is 0 Å². The molecule has 0 unspecified atom stereocenters. The number of imidazole rings is 1. The first-order chi connectivity index (χ1) is 18.7. The van der Waals surface area contributed by atoms with Gasteiger partial charge in [0.2, 0.25) is 11.9 Å². The van der Waals surface area contributed by atoms with Gasteiger partial charge in [-0.15, -0.1) is 0 Å². The summed E-state index contributed by atoms with van der Waals surface area (Å²) in [5.41, 5.74) is -0.409. The van der Waals surface area contributed by atoms with E-state index in [1.54, 1.807) is 44.5 Å². The number of benzene rings is 3. The molecule has 1 heterocycles. The van der Waals surface area contributed by atoms with Crippen molar-refractivity contribution in [1.29, 1.82) is 0 Å². The maximum absolute atomic E-state index is 14.0. The van der Waals surface area contributed by atoms with Crippen molar-refractivity contribution >= 4 is 63.4 Å². The van der Waals surface area contributed by atoms with Crippen LogP contribution in [0.5, 0.6) is 5.75 Å². The number of halogens is 5. The van der Waals surface area contributed by atoms with E-state index >= 15 is 0 Å². The summed E-state index contributed by atoms with van der Waals surface area (Å²) in [7, 11) is 1.63. The molecule has 8 nitrogen and oxygen atoms in total. The number of fused-ring (bicyclic) bond motifs is 1. The molecule has 0 aliphatic heterocycles. The van der Waals surface area contributed by atoms with E-state index in [1.807, 2.05) is 5.32 Å². The molecular weight excluding hydrogens is 570 g/mol. The number of nitrogens with one attached hydrogen (secondary N) is 3. The molecule has 0 bridgehead atoms. The van der Waals surface area contributed by atoms with Crippen molar-refractivity contribution in [1.82, 2.24) is 14.9 Å². The number of aromatic nitrogens is 2. The fourth-order valence-electron chi connectivity index (χ4n) is 3.74. The minimum atomic E-state index is -1.58. The normalized spacial score (nSPS) is 11.5. The number of anilines is 3. The second kappa shape index (κ2) is 10.9. The Balaban J connectivity index is 1.64. The third-order valence-electron chi connectivity index (χ3n) is 6.05. The predicted octanol–water partition coefficient (Wildman–Crippen LogP) is 6.66. The largest absolute Gasteiger partial charge is 0.507 e. The van der Waals surface area contributed by atoms with Gasteiger partial charge in [-0.3, -0.25) is 9.59 Å². The lowest BCUT2D eigenvalue weighted by molar-refractivity contribution is -0.128. The first-order valence-corrected chi connectivity index (χ1v) is 12.6. The summed E-state index contributed by atoms with van der Waals surface area (Å²) in [4.78, 5) is 29.4. The van der Waals surface area contributed by atoms with E-state index in [4.69, 9.17) is 23.2 Å². The van der Waals surface area contributed by atoms with Gasteiger partial charge in [0.05, 0.1) is 32.3 Å². The van der Waals surface area contributed by atoms with Crippen LogP contribution in [0.4, 0.5) is 30.5 Å². The molecule has 4 rings (SSSR count). The number of carbonyl (C=O) groups is 2. The lowest BCUT2D eigenvalue weighted by Crippen LogP contribution is -2.34. The minimum absolute atomic E-state index is 0.155. The molecule has 0 fully saturated rings. The highest BCUT2D eigenvalue weighted by Crippen LogP contribution is 2.37. The second-order valence-electron chi connectivity index (χ2n) is 9.98. The number of hydrogen-bond acceptors (Lipinski definition) is 5.